The average Bonchev–Trinajstić information content (AvgIpc) is 3.08. The highest BCUT2D eigenvalue weighted by atomic mass is 32.2. The summed E-state index contributed by atoms with van der Waals surface area (Å²) in [5.74, 6) is 1.17. The van der Waals surface area contributed by atoms with E-state index in [2.05, 4.69) is 15.5 Å². The van der Waals surface area contributed by atoms with Crippen molar-refractivity contribution in [2.75, 3.05) is 7.11 Å². The van der Waals surface area contributed by atoms with Gasteiger partial charge in [-0.25, -0.2) is 0 Å². The maximum atomic E-state index is 10.9. The summed E-state index contributed by atoms with van der Waals surface area (Å²) >= 11 is 1.40. The Kier molecular flexibility index (Phi) is 4.94. The molecule has 0 atom stereocenters. The Morgan fingerprint density at radius 1 is 1.28 bits per heavy atom. The van der Waals surface area contributed by atoms with Crippen molar-refractivity contribution >= 4 is 17.4 Å². The lowest BCUT2D eigenvalue weighted by Crippen LogP contribution is -2.02. The third-order valence-electron chi connectivity index (χ3n) is 3.49. The number of rotatable bonds is 6. The summed E-state index contributed by atoms with van der Waals surface area (Å²) in [5, 5.41) is 23.3. The van der Waals surface area contributed by atoms with Gasteiger partial charge in [0.1, 0.15) is 11.4 Å². The molecule has 1 aromatic heterocycles. The van der Waals surface area contributed by atoms with Crippen LogP contribution in [0.25, 0.3) is 5.69 Å². The molecule has 0 bridgehead atoms. The monoisotopic (exact) mass is 357 g/mol. The van der Waals surface area contributed by atoms with Gasteiger partial charge in [0.15, 0.2) is 0 Å². The van der Waals surface area contributed by atoms with Gasteiger partial charge in [-0.2, -0.15) is 4.68 Å². The van der Waals surface area contributed by atoms with Crippen molar-refractivity contribution in [3.63, 3.8) is 0 Å². The Bertz CT molecular complexity index is 912. The zero-order valence-electron chi connectivity index (χ0n) is 13.6. The van der Waals surface area contributed by atoms with Crippen LogP contribution in [0.5, 0.6) is 5.75 Å². The number of nitro benzene ring substituents is 1. The van der Waals surface area contributed by atoms with E-state index >= 15 is 0 Å². The van der Waals surface area contributed by atoms with Gasteiger partial charge < -0.3 is 4.74 Å². The predicted molar refractivity (Wildman–Crippen MR) is 93.1 cm³/mol. The van der Waals surface area contributed by atoms with Gasteiger partial charge >= 0.3 is 0 Å². The Hall–Kier alpha value is -2.94. The Morgan fingerprint density at radius 2 is 2.12 bits per heavy atom. The minimum Gasteiger partial charge on any atom is -0.494 e. The van der Waals surface area contributed by atoms with Gasteiger partial charge in [-0.05, 0) is 40.6 Å². The second kappa shape index (κ2) is 7.31. The summed E-state index contributed by atoms with van der Waals surface area (Å²) < 4.78 is 6.99. The quantitative estimate of drug-likeness (QED) is 0.380. The second-order valence-corrected chi connectivity index (χ2v) is 6.21. The first-order chi connectivity index (χ1) is 12.1. The van der Waals surface area contributed by atoms with Crippen molar-refractivity contribution in [1.29, 1.82) is 0 Å². The zero-order chi connectivity index (χ0) is 17.8. The van der Waals surface area contributed by atoms with Crippen LogP contribution in [0.4, 0.5) is 5.69 Å². The van der Waals surface area contributed by atoms with Crippen LogP contribution >= 0.6 is 11.8 Å². The summed E-state index contributed by atoms with van der Waals surface area (Å²) in [6.45, 7) is 1.98. The molecule has 3 aromatic rings. The third-order valence-corrected chi connectivity index (χ3v) is 4.48. The third kappa shape index (κ3) is 3.77. The van der Waals surface area contributed by atoms with Crippen molar-refractivity contribution in [2.24, 2.45) is 0 Å². The molecule has 0 saturated heterocycles. The molecule has 0 fully saturated rings. The summed E-state index contributed by atoms with van der Waals surface area (Å²) in [4.78, 5) is 10.5. The molecule has 0 aliphatic carbocycles. The SMILES string of the molecule is COc1ccc(C)cc1-n1nnnc1SCc1cccc([N+](=O)[O-])c1. The van der Waals surface area contributed by atoms with Gasteiger partial charge in [0.05, 0.1) is 12.0 Å². The maximum Gasteiger partial charge on any atom is 0.269 e. The Morgan fingerprint density at radius 3 is 2.88 bits per heavy atom. The molecule has 8 nitrogen and oxygen atoms in total. The molecule has 3 rings (SSSR count). The van der Waals surface area contributed by atoms with Gasteiger partial charge in [0.25, 0.3) is 5.69 Å². The van der Waals surface area contributed by atoms with Crippen LogP contribution in [0.15, 0.2) is 47.6 Å². The fourth-order valence-electron chi connectivity index (χ4n) is 2.29. The summed E-state index contributed by atoms with van der Waals surface area (Å²) in [5.41, 5.74) is 2.69. The molecule has 0 aliphatic rings. The molecule has 0 unspecified atom stereocenters. The standard InChI is InChI=1S/C16H15N5O3S/c1-11-6-7-15(24-2)14(8-11)20-16(17-18-19-20)25-10-12-4-3-5-13(9-12)21(22)23/h3-9H,10H2,1-2H3. The molecule has 0 N–H and O–H groups in total. The van der Waals surface area contributed by atoms with E-state index in [0.29, 0.717) is 16.7 Å². The number of methoxy groups -OCH3 is 1. The highest BCUT2D eigenvalue weighted by molar-refractivity contribution is 7.98. The van der Waals surface area contributed by atoms with Crippen molar-refractivity contribution in [1.82, 2.24) is 20.2 Å². The van der Waals surface area contributed by atoms with E-state index in [1.807, 2.05) is 31.2 Å². The van der Waals surface area contributed by atoms with Gasteiger partial charge in [0, 0.05) is 17.9 Å². The summed E-state index contributed by atoms with van der Waals surface area (Å²) in [6.07, 6.45) is 0. The number of ether oxygens (including phenoxy) is 1. The van der Waals surface area contributed by atoms with E-state index in [0.717, 1.165) is 16.8 Å². The van der Waals surface area contributed by atoms with Crippen molar-refractivity contribution in [3.05, 3.63) is 63.7 Å². The number of thioether (sulfide) groups is 1. The maximum absolute atomic E-state index is 10.9. The Balaban J connectivity index is 1.85. The smallest absolute Gasteiger partial charge is 0.269 e. The topological polar surface area (TPSA) is 96.0 Å². The number of non-ortho nitro benzene ring substituents is 1. The van der Waals surface area contributed by atoms with Crippen LogP contribution < -0.4 is 4.74 Å². The molecular formula is C16H15N5O3S. The van der Waals surface area contributed by atoms with E-state index in [1.165, 1.54) is 17.8 Å². The fraction of sp³-hybridized carbons (Fsp3) is 0.188. The molecule has 0 radical (unpaired) electrons. The minimum absolute atomic E-state index is 0.0676. The lowest BCUT2D eigenvalue weighted by atomic mass is 10.2. The average molecular weight is 357 g/mol. The van der Waals surface area contributed by atoms with Crippen LogP contribution in [-0.2, 0) is 5.75 Å². The lowest BCUT2D eigenvalue weighted by Gasteiger charge is -2.10. The molecule has 0 aliphatic heterocycles. The number of tetrazole rings is 1. The first-order valence-electron chi connectivity index (χ1n) is 7.38. The summed E-state index contributed by atoms with van der Waals surface area (Å²) in [7, 11) is 1.59. The molecule has 0 amide bonds. The number of benzene rings is 2. The zero-order valence-corrected chi connectivity index (χ0v) is 14.4. The van der Waals surface area contributed by atoms with Crippen molar-refractivity contribution in [2.45, 2.75) is 17.8 Å². The van der Waals surface area contributed by atoms with E-state index in [4.69, 9.17) is 4.74 Å². The second-order valence-electron chi connectivity index (χ2n) is 5.26. The van der Waals surface area contributed by atoms with Crippen LogP contribution in [0.2, 0.25) is 0 Å². The number of nitro groups is 1. The van der Waals surface area contributed by atoms with Gasteiger partial charge in [0.2, 0.25) is 5.16 Å². The largest absolute Gasteiger partial charge is 0.494 e. The predicted octanol–water partition coefficient (Wildman–Crippen LogP) is 3.18. The molecule has 0 spiro atoms. The highest BCUT2D eigenvalue weighted by Gasteiger charge is 2.14. The minimum atomic E-state index is -0.407. The van der Waals surface area contributed by atoms with E-state index in [-0.39, 0.29) is 5.69 Å². The molecule has 25 heavy (non-hydrogen) atoms. The van der Waals surface area contributed by atoms with Crippen molar-refractivity contribution in [3.8, 4) is 11.4 Å². The number of hydrogen-bond donors (Lipinski definition) is 0. The molecule has 0 saturated carbocycles. The normalized spacial score (nSPS) is 10.6. The van der Waals surface area contributed by atoms with Crippen LogP contribution in [0, 0.1) is 17.0 Å². The first kappa shape index (κ1) is 16.9. The Labute approximate surface area is 148 Å². The summed E-state index contributed by atoms with van der Waals surface area (Å²) in [6, 6.07) is 12.3. The van der Waals surface area contributed by atoms with Crippen LogP contribution in [-0.4, -0.2) is 32.2 Å². The number of hydrogen-bond acceptors (Lipinski definition) is 7. The number of aromatic nitrogens is 4. The number of aryl methyl sites for hydroxylation is 1. The fourth-order valence-corrected chi connectivity index (χ4v) is 3.12. The lowest BCUT2D eigenvalue weighted by molar-refractivity contribution is -0.384. The molecular weight excluding hydrogens is 342 g/mol. The van der Waals surface area contributed by atoms with Crippen LogP contribution in [0.1, 0.15) is 11.1 Å². The molecule has 1 heterocycles. The molecule has 9 heteroatoms. The van der Waals surface area contributed by atoms with E-state index in [9.17, 15) is 10.1 Å². The molecule has 2 aromatic carbocycles. The first-order valence-corrected chi connectivity index (χ1v) is 8.36. The van der Waals surface area contributed by atoms with E-state index in [1.54, 1.807) is 23.9 Å². The number of nitrogens with zero attached hydrogens (tertiary/aromatic N) is 5. The van der Waals surface area contributed by atoms with E-state index < -0.39 is 4.92 Å². The van der Waals surface area contributed by atoms with Gasteiger partial charge in [-0.15, -0.1) is 5.10 Å². The van der Waals surface area contributed by atoms with Crippen molar-refractivity contribution < 1.29 is 9.66 Å². The van der Waals surface area contributed by atoms with Gasteiger partial charge in [-0.1, -0.05) is 30.0 Å². The molecule has 128 valence electrons. The van der Waals surface area contributed by atoms with Crippen LogP contribution in [0.3, 0.4) is 0 Å². The highest BCUT2D eigenvalue weighted by Crippen LogP contribution is 2.28. The van der Waals surface area contributed by atoms with Gasteiger partial charge in [-0.3, -0.25) is 10.1 Å².